The summed E-state index contributed by atoms with van der Waals surface area (Å²) in [5.74, 6) is 0.120. The maximum absolute atomic E-state index is 12.2. The molecule has 3 rings (SSSR count). The highest BCUT2D eigenvalue weighted by Crippen LogP contribution is 2.25. The SMILES string of the molecule is FC(F)Oc1cccc(CNc2nnc(-c3ccon3)s2)c1. The fourth-order valence-corrected chi connectivity index (χ4v) is 2.43. The number of aromatic nitrogens is 3. The molecule has 0 aliphatic rings. The smallest absolute Gasteiger partial charge is 0.387 e. The van der Waals surface area contributed by atoms with E-state index in [0.717, 1.165) is 5.56 Å². The molecule has 0 atom stereocenters. The highest BCUT2D eigenvalue weighted by atomic mass is 32.1. The Kier molecular flexibility index (Phi) is 4.24. The minimum absolute atomic E-state index is 0.120. The second-order valence-corrected chi connectivity index (χ2v) is 5.15. The van der Waals surface area contributed by atoms with Gasteiger partial charge in [-0.15, -0.1) is 10.2 Å². The molecule has 114 valence electrons. The third-order valence-corrected chi connectivity index (χ3v) is 3.55. The average Bonchev–Trinajstić information content (AvgIpc) is 3.16. The molecule has 0 radical (unpaired) electrons. The van der Waals surface area contributed by atoms with Crippen molar-refractivity contribution in [2.24, 2.45) is 0 Å². The van der Waals surface area contributed by atoms with Crippen LogP contribution in [0, 0.1) is 0 Å². The molecular formula is C13H10F2N4O2S. The fourth-order valence-electron chi connectivity index (χ4n) is 1.73. The molecule has 22 heavy (non-hydrogen) atoms. The van der Waals surface area contributed by atoms with E-state index < -0.39 is 6.61 Å². The topological polar surface area (TPSA) is 73.1 Å². The summed E-state index contributed by atoms with van der Waals surface area (Å²) in [5, 5.41) is 16.0. The van der Waals surface area contributed by atoms with Crippen LogP contribution in [0.2, 0.25) is 0 Å². The Morgan fingerprint density at radius 3 is 2.95 bits per heavy atom. The van der Waals surface area contributed by atoms with Gasteiger partial charge in [0.15, 0.2) is 5.01 Å². The number of rotatable bonds is 6. The lowest BCUT2D eigenvalue weighted by Gasteiger charge is -2.07. The molecule has 0 fully saturated rings. The number of halogens is 2. The fraction of sp³-hybridized carbons (Fsp3) is 0.154. The van der Waals surface area contributed by atoms with Gasteiger partial charge in [0, 0.05) is 12.6 Å². The van der Waals surface area contributed by atoms with Gasteiger partial charge in [0.1, 0.15) is 17.7 Å². The minimum Gasteiger partial charge on any atom is -0.435 e. The molecular weight excluding hydrogens is 314 g/mol. The number of nitrogens with zero attached hydrogens (tertiary/aromatic N) is 3. The summed E-state index contributed by atoms with van der Waals surface area (Å²) in [6.45, 7) is -2.43. The largest absolute Gasteiger partial charge is 0.435 e. The van der Waals surface area contributed by atoms with E-state index in [-0.39, 0.29) is 5.75 Å². The molecule has 0 bridgehead atoms. The van der Waals surface area contributed by atoms with Crippen LogP contribution in [0.1, 0.15) is 5.56 Å². The van der Waals surface area contributed by atoms with Gasteiger partial charge < -0.3 is 14.6 Å². The van der Waals surface area contributed by atoms with E-state index >= 15 is 0 Å². The van der Waals surface area contributed by atoms with Gasteiger partial charge in [-0.3, -0.25) is 0 Å². The highest BCUT2D eigenvalue weighted by Gasteiger charge is 2.09. The van der Waals surface area contributed by atoms with E-state index in [9.17, 15) is 8.78 Å². The third-order valence-electron chi connectivity index (χ3n) is 2.65. The molecule has 1 aromatic carbocycles. The Hall–Kier alpha value is -2.55. The first kappa shape index (κ1) is 14.4. The van der Waals surface area contributed by atoms with Crippen molar-refractivity contribution >= 4 is 16.5 Å². The average molecular weight is 324 g/mol. The van der Waals surface area contributed by atoms with Gasteiger partial charge in [0.2, 0.25) is 5.13 Å². The van der Waals surface area contributed by atoms with E-state index in [1.54, 1.807) is 24.3 Å². The summed E-state index contributed by atoms with van der Waals surface area (Å²) in [6, 6.07) is 8.15. The zero-order valence-corrected chi connectivity index (χ0v) is 11.9. The molecule has 0 spiro atoms. The van der Waals surface area contributed by atoms with Crippen molar-refractivity contribution in [2.45, 2.75) is 13.2 Å². The van der Waals surface area contributed by atoms with E-state index in [1.807, 2.05) is 0 Å². The van der Waals surface area contributed by atoms with Crippen LogP contribution in [0.15, 0.2) is 41.1 Å². The summed E-state index contributed by atoms with van der Waals surface area (Å²) >= 11 is 1.32. The van der Waals surface area contributed by atoms with Crippen molar-refractivity contribution in [1.29, 1.82) is 0 Å². The molecule has 6 nitrogen and oxygen atoms in total. The van der Waals surface area contributed by atoms with Gasteiger partial charge in [-0.1, -0.05) is 28.6 Å². The van der Waals surface area contributed by atoms with Crippen LogP contribution < -0.4 is 10.1 Å². The first-order valence-corrected chi connectivity index (χ1v) is 7.04. The maximum atomic E-state index is 12.2. The standard InChI is InChI=1S/C13H10F2N4O2S/c14-12(15)21-9-3-1-2-8(6-9)7-16-13-18-17-11(22-13)10-4-5-20-19-10/h1-6,12H,7H2,(H,16,18). The Morgan fingerprint density at radius 2 is 2.18 bits per heavy atom. The lowest BCUT2D eigenvalue weighted by Crippen LogP contribution is -2.03. The molecule has 2 heterocycles. The van der Waals surface area contributed by atoms with Gasteiger partial charge in [-0.2, -0.15) is 8.78 Å². The number of benzene rings is 1. The van der Waals surface area contributed by atoms with E-state index in [1.165, 1.54) is 23.7 Å². The van der Waals surface area contributed by atoms with Gasteiger partial charge in [-0.25, -0.2) is 0 Å². The monoisotopic (exact) mass is 324 g/mol. The van der Waals surface area contributed by atoms with Crippen LogP contribution in [-0.2, 0) is 6.54 Å². The van der Waals surface area contributed by atoms with Gasteiger partial charge in [0.05, 0.1) is 0 Å². The molecule has 3 aromatic rings. The number of hydrogen-bond acceptors (Lipinski definition) is 7. The predicted octanol–water partition coefficient (Wildman–Crippen LogP) is 3.41. The normalized spacial score (nSPS) is 10.9. The summed E-state index contributed by atoms with van der Waals surface area (Å²) in [5.41, 5.74) is 1.40. The van der Waals surface area contributed by atoms with Gasteiger partial charge >= 0.3 is 6.61 Å². The van der Waals surface area contributed by atoms with E-state index in [4.69, 9.17) is 4.52 Å². The van der Waals surface area contributed by atoms with E-state index in [2.05, 4.69) is 25.4 Å². The molecule has 9 heteroatoms. The second-order valence-electron chi connectivity index (χ2n) is 4.18. The summed E-state index contributed by atoms with van der Waals surface area (Å²) in [7, 11) is 0. The first-order chi connectivity index (χ1) is 10.7. The summed E-state index contributed by atoms with van der Waals surface area (Å²) < 4.78 is 33.4. The van der Waals surface area contributed by atoms with Crippen molar-refractivity contribution in [2.75, 3.05) is 5.32 Å². The predicted molar refractivity (Wildman–Crippen MR) is 75.8 cm³/mol. The zero-order chi connectivity index (χ0) is 15.4. The van der Waals surface area contributed by atoms with Crippen LogP contribution in [0.25, 0.3) is 10.7 Å². The molecule has 0 saturated heterocycles. The maximum Gasteiger partial charge on any atom is 0.387 e. The van der Waals surface area contributed by atoms with Crippen LogP contribution in [0.5, 0.6) is 5.75 Å². The zero-order valence-electron chi connectivity index (χ0n) is 11.1. The first-order valence-electron chi connectivity index (χ1n) is 6.22. The Balaban J connectivity index is 1.63. The molecule has 0 unspecified atom stereocenters. The van der Waals surface area contributed by atoms with Gasteiger partial charge in [-0.05, 0) is 17.7 Å². The van der Waals surface area contributed by atoms with Crippen LogP contribution in [0.4, 0.5) is 13.9 Å². The lowest BCUT2D eigenvalue weighted by atomic mass is 10.2. The summed E-state index contributed by atoms with van der Waals surface area (Å²) in [6.07, 6.45) is 1.46. The Bertz CT molecular complexity index is 733. The van der Waals surface area contributed by atoms with Gasteiger partial charge in [0.25, 0.3) is 0 Å². The van der Waals surface area contributed by atoms with Crippen molar-refractivity contribution in [3.8, 4) is 16.5 Å². The van der Waals surface area contributed by atoms with Crippen LogP contribution in [0.3, 0.4) is 0 Å². The molecule has 0 saturated carbocycles. The van der Waals surface area contributed by atoms with Crippen LogP contribution >= 0.6 is 11.3 Å². The number of hydrogen-bond donors (Lipinski definition) is 1. The molecule has 2 aromatic heterocycles. The Morgan fingerprint density at radius 1 is 1.27 bits per heavy atom. The lowest BCUT2D eigenvalue weighted by molar-refractivity contribution is -0.0498. The highest BCUT2D eigenvalue weighted by molar-refractivity contribution is 7.18. The molecule has 1 N–H and O–H groups in total. The third kappa shape index (κ3) is 3.55. The Labute approximate surface area is 127 Å². The van der Waals surface area contributed by atoms with Crippen molar-refractivity contribution < 1.29 is 18.0 Å². The number of alkyl halides is 2. The molecule has 0 amide bonds. The van der Waals surface area contributed by atoms with Crippen molar-refractivity contribution in [3.63, 3.8) is 0 Å². The minimum atomic E-state index is -2.84. The van der Waals surface area contributed by atoms with Crippen molar-refractivity contribution in [3.05, 3.63) is 42.2 Å². The number of ether oxygens (including phenoxy) is 1. The van der Waals surface area contributed by atoms with E-state index in [0.29, 0.717) is 22.4 Å². The molecule has 0 aliphatic heterocycles. The summed E-state index contributed by atoms with van der Waals surface area (Å²) in [4.78, 5) is 0. The van der Waals surface area contributed by atoms with Crippen molar-refractivity contribution in [1.82, 2.24) is 15.4 Å². The number of nitrogens with one attached hydrogen (secondary N) is 1. The molecule has 0 aliphatic carbocycles. The second kappa shape index (κ2) is 6.48. The number of anilines is 1. The quantitative estimate of drug-likeness (QED) is 0.749. The van der Waals surface area contributed by atoms with Crippen LogP contribution in [-0.4, -0.2) is 22.0 Å².